The molecule has 0 saturated carbocycles. The summed E-state index contributed by atoms with van der Waals surface area (Å²) in [6.07, 6.45) is 0. The van der Waals surface area contributed by atoms with Crippen LogP contribution in [0.1, 0.15) is 16.6 Å². The second kappa shape index (κ2) is 2.04. The molecule has 38 valence electrons. The van der Waals surface area contributed by atoms with Gasteiger partial charge in [-0.1, -0.05) is 0 Å². The van der Waals surface area contributed by atoms with Crippen molar-refractivity contribution < 1.29 is 2.74 Å². The Bertz CT molecular complexity index is 67.0. The molecule has 0 nitrogen and oxygen atoms in total. The highest BCUT2D eigenvalue weighted by Crippen LogP contribution is 2.12. The molecule has 6 heavy (non-hydrogen) atoms. The van der Waals surface area contributed by atoms with Crippen molar-refractivity contribution in [3.8, 4) is 0 Å². The Morgan fingerprint density at radius 3 is 2.00 bits per heavy atom. The summed E-state index contributed by atoms with van der Waals surface area (Å²) in [6.45, 7) is 3.06. The van der Waals surface area contributed by atoms with Crippen molar-refractivity contribution in [3.05, 3.63) is 0 Å². The van der Waals surface area contributed by atoms with Gasteiger partial charge in [-0.3, -0.25) is 0 Å². The molecule has 0 unspecified atom stereocenters. The zero-order chi connectivity index (χ0) is 7.00. The minimum atomic E-state index is -1.82. The van der Waals surface area contributed by atoms with Gasteiger partial charge in [-0.2, -0.15) is 0 Å². The maximum Gasteiger partial charge on any atom is 0.0525 e. The first-order valence-electron chi connectivity index (χ1n) is 2.63. The molecule has 0 N–H and O–H groups in total. The van der Waals surface area contributed by atoms with Gasteiger partial charge < -0.3 is 0 Å². The summed E-state index contributed by atoms with van der Waals surface area (Å²) in [7, 11) is 0. The fourth-order valence-electron chi connectivity index (χ4n) is 0. The molecule has 2 heteroatoms. The number of hydrogen-bond acceptors (Lipinski definition) is 0. The Labute approximate surface area is 51.3 Å². The zero-order valence-corrected chi connectivity index (χ0v) is 5.27. The number of hydrogen-bond donors (Lipinski definition) is 0. The Balaban J connectivity index is 4.02. The van der Waals surface area contributed by atoms with Crippen molar-refractivity contribution in [1.82, 2.24) is 0 Å². The molecule has 0 atom stereocenters. The maximum atomic E-state index is 6.88. The molecule has 0 aliphatic carbocycles. The smallest absolute Gasteiger partial charge is 0.0525 e. The van der Waals surface area contributed by atoms with Gasteiger partial charge in [0.05, 0.1) is 4.87 Å². The van der Waals surface area contributed by atoms with E-state index in [1.807, 2.05) is 0 Å². The van der Waals surface area contributed by atoms with E-state index in [-0.39, 0.29) is 0 Å². The van der Waals surface area contributed by atoms with Gasteiger partial charge in [0.25, 0.3) is 0 Å². The van der Waals surface area contributed by atoms with Crippen LogP contribution in [-0.2, 0) is 0 Å². The summed E-state index contributed by atoms with van der Waals surface area (Å²) in [6, 6.07) is 0. The third kappa shape index (κ3) is 4.58. The molecule has 0 amide bonds. The van der Waals surface area contributed by atoms with Gasteiger partial charge in [0.1, 0.15) is 0 Å². The van der Waals surface area contributed by atoms with E-state index in [2.05, 4.69) is 0 Å². The van der Waals surface area contributed by atoms with E-state index in [1.165, 1.54) is 13.8 Å². The second-order valence-corrected chi connectivity index (χ2v) is 2.70. The summed E-state index contributed by atoms with van der Waals surface area (Å²) in [4.78, 5) is -0.992. The molecule has 0 aliphatic heterocycles. The molecule has 0 spiro atoms. The summed E-state index contributed by atoms with van der Waals surface area (Å²) in [5.41, 5.74) is 0. The number of alkyl halides is 2. The SMILES string of the molecule is [2H]C([2H])(Cl)C(C)(C)Cl. The molecular weight excluding hydrogens is 119 g/mol. The first-order valence-corrected chi connectivity index (χ1v) is 2.38. The van der Waals surface area contributed by atoms with E-state index < -0.39 is 10.7 Å². The van der Waals surface area contributed by atoms with Gasteiger partial charge in [0, 0.05) is 8.57 Å². The van der Waals surface area contributed by atoms with Crippen LogP contribution in [-0.4, -0.2) is 10.7 Å². The largest absolute Gasteiger partial charge is 0.125 e. The van der Waals surface area contributed by atoms with E-state index in [1.54, 1.807) is 0 Å². The topological polar surface area (TPSA) is 0 Å². The minimum absolute atomic E-state index is 0.992. The fourth-order valence-corrected chi connectivity index (χ4v) is 0. The first kappa shape index (κ1) is 3.57. The lowest BCUT2D eigenvalue weighted by molar-refractivity contribution is 0.796. The monoisotopic (exact) mass is 128 g/mol. The fraction of sp³-hybridized carbons (Fsp3) is 1.00. The normalized spacial score (nSPS) is 19.3. The standard InChI is InChI=1S/C4H8Cl2/c1-4(2,6)3-5/h3H2,1-2H3/i3D2. The van der Waals surface area contributed by atoms with Gasteiger partial charge in [-0.05, 0) is 13.8 Å². The van der Waals surface area contributed by atoms with E-state index in [9.17, 15) is 0 Å². The Hall–Kier alpha value is 0.580. The van der Waals surface area contributed by atoms with Crippen molar-refractivity contribution in [2.75, 3.05) is 5.83 Å². The predicted molar refractivity (Wildman–Crippen MR) is 30.7 cm³/mol. The quantitative estimate of drug-likeness (QED) is 0.476. The molecule has 0 fully saturated rings. The first-order chi connectivity index (χ1) is 3.25. The van der Waals surface area contributed by atoms with E-state index in [4.69, 9.17) is 25.9 Å². The molecule has 0 heterocycles. The van der Waals surface area contributed by atoms with Crippen molar-refractivity contribution >= 4 is 23.2 Å². The van der Waals surface area contributed by atoms with Gasteiger partial charge in [0.2, 0.25) is 0 Å². The van der Waals surface area contributed by atoms with Crippen LogP contribution < -0.4 is 0 Å². The summed E-state index contributed by atoms with van der Waals surface area (Å²) >= 11 is 10.7. The van der Waals surface area contributed by atoms with Crippen LogP contribution in [0.4, 0.5) is 0 Å². The second-order valence-electron chi connectivity index (χ2n) is 1.57. The summed E-state index contributed by atoms with van der Waals surface area (Å²) < 4.78 is 13.8. The Morgan fingerprint density at radius 2 is 2.00 bits per heavy atom. The Kier molecular flexibility index (Phi) is 1.21. The number of rotatable bonds is 1. The molecule has 0 aliphatic rings. The molecule has 0 rings (SSSR count). The molecule has 0 saturated heterocycles. The lowest BCUT2D eigenvalue weighted by Crippen LogP contribution is -2.10. The lowest BCUT2D eigenvalue weighted by Gasteiger charge is -2.07. The molecule has 0 aromatic carbocycles. The highest BCUT2D eigenvalue weighted by Gasteiger charge is 2.08. The summed E-state index contributed by atoms with van der Waals surface area (Å²) in [5.74, 6) is -1.82. The van der Waals surface area contributed by atoms with Crippen molar-refractivity contribution in [3.63, 3.8) is 0 Å². The van der Waals surface area contributed by atoms with Crippen LogP contribution in [0, 0.1) is 0 Å². The van der Waals surface area contributed by atoms with Crippen LogP contribution in [0.15, 0.2) is 0 Å². The van der Waals surface area contributed by atoms with Crippen molar-refractivity contribution in [2.24, 2.45) is 0 Å². The zero-order valence-electron chi connectivity index (χ0n) is 5.76. The molecule has 0 radical (unpaired) electrons. The average Bonchev–Trinajstić information content (AvgIpc) is 1.25. The summed E-state index contributed by atoms with van der Waals surface area (Å²) in [5, 5.41) is 0. The minimum Gasteiger partial charge on any atom is -0.125 e. The van der Waals surface area contributed by atoms with Gasteiger partial charge in [-0.25, -0.2) is 0 Å². The van der Waals surface area contributed by atoms with Gasteiger partial charge in [-0.15, -0.1) is 23.2 Å². The highest BCUT2D eigenvalue weighted by atomic mass is 35.5. The molecular formula is C4H8Cl2. The Morgan fingerprint density at radius 1 is 1.83 bits per heavy atom. The predicted octanol–water partition coefficient (Wildman–Crippen LogP) is 2.24. The highest BCUT2D eigenvalue weighted by molar-refractivity contribution is 6.30. The van der Waals surface area contributed by atoms with E-state index in [0.29, 0.717) is 0 Å². The third-order valence-corrected chi connectivity index (χ3v) is 0.888. The molecule has 0 aromatic heterocycles. The van der Waals surface area contributed by atoms with Crippen LogP contribution in [0.3, 0.4) is 0 Å². The third-order valence-electron chi connectivity index (χ3n) is 0.225. The lowest BCUT2D eigenvalue weighted by atomic mass is 10.3. The maximum absolute atomic E-state index is 6.88. The number of halogens is 2. The van der Waals surface area contributed by atoms with Gasteiger partial charge in [0.15, 0.2) is 0 Å². The van der Waals surface area contributed by atoms with Crippen molar-refractivity contribution in [1.29, 1.82) is 0 Å². The van der Waals surface area contributed by atoms with E-state index in [0.717, 1.165) is 0 Å². The van der Waals surface area contributed by atoms with Crippen LogP contribution in [0.25, 0.3) is 0 Å². The van der Waals surface area contributed by atoms with Crippen LogP contribution in [0.5, 0.6) is 0 Å². The van der Waals surface area contributed by atoms with Crippen LogP contribution in [0.2, 0.25) is 0 Å². The van der Waals surface area contributed by atoms with E-state index >= 15 is 0 Å². The van der Waals surface area contributed by atoms with Crippen LogP contribution >= 0.6 is 23.2 Å². The average molecular weight is 129 g/mol. The molecule has 0 bridgehead atoms. The molecule has 0 aromatic rings. The van der Waals surface area contributed by atoms with Gasteiger partial charge >= 0.3 is 0 Å². The van der Waals surface area contributed by atoms with Crippen molar-refractivity contribution in [2.45, 2.75) is 18.7 Å².